The van der Waals surface area contributed by atoms with Crippen LogP contribution in [0.1, 0.15) is 81.0 Å². The van der Waals surface area contributed by atoms with E-state index >= 15 is 0 Å². The number of carbonyl (C=O) groups is 4. The fourth-order valence-corrected chi connectivity index (χ4v) is 7.11. The molecule has 0 atom stereocenters. The topological polar surface area (TPSA) is 74.8 Å². The third kappa shape index (κ3) is 3.87. The summed E-state index contributed by atoms with van der Waals surface area (Å²) in [5, 5.41) is 2.77. The summed E-state index contributed by atoms with van der Waals surface area (Å²) in [5.74, 6) is -1.18. The fraction of sp³-hybridized carbons (Fsp3) is 0.250. The summed E-state index contributed by atoms with van der Waals surface area (Å²) in [5.41, 5.74) is 3.37. The lowest BCUT2D eigenvalue weighted by Crippen LogP contribution is -2.41. The van der Waals surface area contributed by atoms with Crippen LogP contribution in [0.4, 0.5) is 0 Å². The normalized spacial score (nSPS) is 14.7. The summed E-state index contributed by atoms with van der Waals surface area (Å²) in [4.78, 5) is 56.7. The first kappa shape index (κ1) is 26.8. The van der Waals surface area contributed by atoms with Gasteiger partial charge in [-0.2, -0.15) is 0 Å². The van der Waals surface area contributed by atoms with Crippen LogP contribution in [0.5, 0.6) is 0 Å². The van der Waals surface area contributed by atoms with Crippen LogP contribution in [-0.2, 0) is 0 Å². The Kier molecular flexibility index (Phi) is 6.87. The lowest BCUT2D eigenvalue weighted by atomic mass is 9.87. The van der Waals surface area contributed by atoms with Crippen molar-refractivity contribution in [2.24, 2.45) is 0 Å². The molecule has 0 radical (unpaired) electrons. The number of unbranched alkanes of at least 4 members (excludes halogenated alkanes) is 2. The second kappa shape index (κ2) is 10.2. The molecule has 4 aromatic carbocycles. The van der Waals surface area contributed by atoms with Crippen molar-refractivity contribution in [2.45, 2.75) is 39.5 Å². The minimum Gasteiger partial charge on any atom is -0.274 e. The molecule has 0 saturated heterocycles. The van der Waals surface area contributed by atoms with Gasteiger partial charge in [0.2, 0.25) is 0 Å². The first-order valence-corrected chi connectivity index (χ1v) is 15.1. The van der Waals surface area contributed by atoms with E-state index in [1.807, 2.05) is 50.2 Å². The van der Waals surface area contributed by atoms with Crippen LogP contribution in [0.15, 0.2) is 57.5 Å². The summed E-state index contributed by atoms with van der Waals surface area (Å²) < 4.78 is 1.45. The van der Waals surface area contributed by atoms with Gasteiger partial charge < -0.3 is 0 Å². The molecule has 0 N–H and O–H groups in total. The van der Waals surface area contributed by atoms with E-state index in [1.165, 1.54) is 9.80 Å². The quantitative estimate of drug-likeness (QED) is 0.188. The molecule has 2 aliphatic rings. The number of benzene rings is 4. The van der Waals surface area contributed by atoms with Crippen LogP contribution in [-0.4, -0.2) is 46.5 Å². The summed E-state index contributed by atoms with van der Waals surface area (Å²) in [7, 11) is 0. The molecule has 8 heteroatoms. The Bertz CT molecular complexity index is 1660. The SMILES string of the molecule is CCCCN1C(=O)c2cccc3c(Br)c(-c4cc5c6c(cccc6c4Br)C(=O)N(CCCC)C5=O)cc(c23)C1=O. The van der Waals surface area contributed by atoms with Gasteiger partial charge in [-0.15, -0.1) is 0 Å². The smallest absolute Gasteiger partial charge is 0.261 e. The van der Waals surface area contributed by atoms with Crippen molar-refractivity contribution in [3.05, 3.63) is 79.7 Å². The predicted octanol–water partition coefficient (Wildman–Crippen LogP) is 7.98. The summed E-state index contributed by atoms with van der Waals surface area (Å²) in [6, 6.07) is 14.6. The highest BCUT2D eigenvalue weighted by atomic mass is 79.9. The third-order valence-corrected chi connectivity index (χ3v) is 9.56. The van der Waals surface area contributed by atoms with Gasteiger partial charge in [0, 0.05) is 55.1 Å². The van der Waals surface area contributed by atoms with E-state index in [2.05, 4.69) is 31.9 Å². The third-order valence-electron chi connectivity index (χ3n) is 7.85. The van der Waals surface area contributed by atoms with Gasteiger partial charge in [0.15, 0.2) is 0 Å². The van der Waals surface area contributed by atoms with E-state index in [1.54, 1.807) is 12.1 Å². The largest absolute Gasteiger partial charge is 0.274 e. The van der Waals surface area contributed by atoms with Gasteiger partial charge in [-0.05, 0) is 90.9 Å². The van der Waals surface area contributed by atoms with E-state index < -0.39 is 0 Å². The van der Waals surface area contributed by atoms with Crippen molar-refractivity contribution in [1.82, 2.24) is 9.80 Å². The van der Waals surface area contributed by atoms with Gasteiger partial charge in [0.1, 0.15) is 0 Å². The van der Waals surface area contributed by atoms with Gasteiger partial charge in [0.25, 0.3) is 23.6 Å². The monoisotopic (exact) mass is 660 g/mol. The van der Waals surface area contributed by atoms with Crippen LogP contribution >= 0.6 is 31.9 Å². The maximum Gasteiger partial charge on any atom is 0.261 e. The number of rotatable bonds is 7. The molecular formula is C32H26Br2N2O4. The molecule has 0 bridgehead atoms. The summed E-state index contributed by atoms with van der Waals surface area (Å²) in [6.07, 6.45) is 3.17. The molecular weight excluding hydrogens is 636 g/mol. The molecule has 6 nitrogen and oxygen atoms in total. The number of halogens is 2. The van der Waals surface area contributed by atoms with Crippen molar-refractivity contribution in [3.8, 4) is 11.1 Å². The molecule has 4 amide bonds. The average molecular weight is 662 g/mol. The lowest BCUT2D eigenvalue weighted by molar-refractivity contribution is 0.0593. The number of hydrogen-bond acceptors (Lipinski definition) is 4. The van der Waals surface area contributed by atoms with Crippen molar-refractivity contribution in [2.75, 3.05) is 13.1 Å². The zero-order valence-electron chi connectivity index (χ0n) is 22.1. The maximum atomic E-state index is 13.7. The van der Waals surface area contributed by atoms with Gasteiger partial charge in [-0.1, -0.05) is 51.0 Å². The van der Waals surface area contributed by atoms with Gasteiger partial charge in [-0.3, -0.25) is 29.0 Å². The lowest BCUT2D eigenvalue weighted by Gasteiger charge is -2.29. The molecule has 4 aromatic rings. The molecule has 0 aromatic heterocycles. The summed E-state index contributed by atoms with van der Waals surface area (Å²) >= 11 is 7.55. The van der Waals surface area contributed by atoms with E-state index in [-0.39, 0.29) is 23.6 Å². The fourth-order valence-electron chi connectivity index (χ4n) is 5.79. The minimum atomic E-state index is -0.316. The highest BCUT2D eigenvalue weighted by Crippen LogP contribution is 2.46. The van der Waals surface area contributed by atoms with E-state index in [0.717, 1.165) is 56.5 Å². The molecule has 202 valence electrons. The van der Waals surface area contributed by atoms with Crippen LogP contribution in [0.2, 0.25) is 0 Å². The number of hydrogen-bond donors (Lipinski definition) is 0. The van der Waals surface area contributed by atoms with Crippen LogP contribution in [0.25, 0.3) is 32.7 Å². The van der Waals surface area contributed by atoms with E-state index in [9.17, 15) is 19.2 Å². The number of amides is 4. The minimum absolute atomic E-state index is 0.275. The van der Waals surface area contributed by atoms with Crippen LogP contribution in [0.3, 0.4) is 0 Å². The Labute approximate surface area is 248 Å². The van der Waals surface area contributed by atoms with Crippen molar-refractivity contribution < 1.29 is 19.2 Å². The Morgan fingerprint density at radius 1 is 0.550 bits per heavy atom. The van der Waals surface area contributed by atoms with Gasteiger partial charge >= 0.3 is 0 Å². The van der Waals surface area contributed by atoms with Crippen molar-refractivity contribution in [3.63, 3.8) is 0 Å². The highest BCUT2D eigenvalue weighted by Gasteiger charge is 2.36. The predicted molar refractivity (Wildman–Crippen MR) is 163 cm³/mol. The molecule has 0 fully saturated rings. The zero-order valence-corrected chi connectivity index (χ0v) is 25.3. The molecule has 40 heavy (non-hydrogen) atoms. The average Bonchev–Trinajstić information content (AvgIpc) is 2.96. The Morgan fingerprint density at radius 2 is 0.925 bits per heavy atom. The first-order valence-electron chi connectivity index (χ1n) is 13.5. The second-order valence-electron chi connectivity index (χ2n) is 10.3. The standard InChI is InChI=1S/C32H26Br2N2O4/c1-3-5-13-35-29(37)19-11-7-9-17-25(19)23(31(35)39)15-21(27(17)33)22-16-24-26-18(28(22)34)10-8-12-20(26)30(38)36(32(24)40)14-6-4-2/h7-12,15-16H,3-6,13-14H2,1-2H3. The molecule has 0 unspecified atom stereocenters. The number of imide groups is 2. The van der Waals surface area contributed by atoms with Crippen molar-refractivity contribution in [1.29, 1.82) is 0 Å². The number of nitrogens with zero attached hydrogens (tertiary/aromatic N) is 2. The first-order chi connectivity index (χ1) is 19.3. The Morgan fingerprint density at radius 3 is 1.30 bits per heavy atom. The second-order valence-corrected chi connectivity index (χ2v) is 11.8. The molecule has 6 rings (SSSR count). The zero-order chi connectivity index (χ0) is 28.3. The van der Waals surface area contributed by atoms with Gasteiger partial charge in [0.05, 0.1) is 0 Å². The van der Waals surface area contributed by atoms with Crippen molar-refractivity contribution >= 4 is 77.0 Å². The summed E-state index contributed by atoms with van der Waals surface area (Å²) in [6.45, 7) is 4.77. The Balaban J connectivity index is 1.62. The van der Waals surface area contributed by atoms with Crippen LogP contribution < -0.4 is 0 Å². The molecule has 2 aliphatic heterocycles. The molecule has 0 aliphatic carbocycles. The Hall–Kier alpha value is -3.36. The van der Waals surface area contributed by atoms with Gasteiger partial charge in [-0.25, -0.2) is 0 Å². The molecule has 2 heterocycles. The maximum absolute atomic E-state index is 13.7. The van der Waals surface area contributed by atoms with Crippen LogP contribution in [0, 0.1) is 0 Å². The van der Waals surface area contributed by atoms with E-state index in [0.29, 0.717) is 46.1 Å². The van der Waals surface area contributed by atoms with E-state index in [4.69, 9.17) is 0 Å². The molecule has 0 saturated carbocycles. The number of carbonyl (C=O) groups excluding carboxylic acids is 4. The highest BCUT2D eigenvalue weighted by molar-refractivity contribution is 9.11. The molecule has 0 spiro atoms.